The van der Waals surface area contributed by atoms with Crippen molar-refractivity contribution in [1.29, 1.82) is 0 Å². The monoisotopic (exact) mass is 311 g/mol. The van der Waals surface area contributed by atoms with Gasteiger partial charge in [0, 0.05) is 0 Å². The summed E-state index contributed by atoms with van der Waals surface area (Å²) < 4.78 is 6.66. The number of furan rings is 1. The number of fused-ring (bicyclic) bond motifs is 1. The van der Waals surface area contributed by atoms with Gasteiger partial charge in [0.1, 0.15) is 5.76 Å². The van der Waals surface area contributed by atoms with Crippen molar-refractivity contribution in [2.75, 3.05) is 6.54 Å². The highest BCUT2D eigenvalue weighted by atomic mass is 79.9. The van der Waals surface area contributed by atoms with Crippen molar-refractivity contribution < 1.29 is 4.42 Å². The minimum absolute atomic E-state index is 0.435. The van der Waals surface area contributed by atoms with E-state index in [0.29, 0.717) is 6.04 Å². The molecule has 0 aromatic carbocycles. The molecule has 2 aliphatic rings. The molecule has 0 radical (unpaired) electrons. The van der Waals surface area contributed by atoms with Crippen molar-refractivity contribution in [3.05, 3.63) is 22.6 Å². The molecule has 1 aromatic rings. The van der Waals surface area contributed by atoms with E-state index in [0.717, 1.165) is 34.7 Å². The Morgan fingerprint density at radius 2 is 2.06 bits per heavy atom. The molecule has 18 heavy (non-hydrogen) atoms. The Labute approximate surface area is 118 Å². The molecule has 1 N–H and O–H groups in total. The van der Waals surface area contributed by atoms with E-state index < -0.39 is 0 Å². The third-order valence-electron chi connectivity index (χ3n) is 4.62. The fourth-order valence-corrected chi connectivity index (χ4v) is 4.08. The molecule has 0 saturated heterocycles. The average Bonchev–Trinajstić information content (AvgIpc) is 2.95. The molecule has 3 heteroatoms. The molecule has 3 atom stereocenters. The van der Waals surface area contributed by atoms with Crippen molar-refractivity contribution >= 4 is 15.9 Å². The number of nitrogens with one attached hydrogen (secondary N) is 1. The van der Waals surface area contributed by atoms with E-state index in [2.05, 4.69) is 34.2 Å². The maximum atomic E-state index is 5.80. The van der Waals surface area contributed by atoms with Crippen LogP contribution >= 0.6 is 15.9 Å². The fourth-order valence-electron chi connectivity index (χ4n) is 3.76. The molecule has 100 valence electrons. The van der Waals surface area contributed by atoms with Crippen LogP contribution in [0.4, 0.5) is 0 Å². The summed E-state index contributed by atoms with van der Waals surface area (Å²) in [6, 6.07) is 4.58. The second-order valence-corrected chi connectivity index (χ2v) is 6.54. The Morgan fingerprint density at radius 3 is 2.61 bits per heavy atom. The zero-order chi connectivity index (χ0) is 12.5. The van der Waals surface area contributed by atoms with Gasteiger partial charge in [0.05, 0.1) is 6.04 Å². The van der Waals surface area contributed by atoms with E-state index >= 15 is 0 Å². The Bertz CT molecular complexity index is 391. The molecule has 1 heterocycles. The second-order valence-electron chi connectivity index (χ2n) is 5.76. The Kier molecular flexibility index (Phi) is 3.81. The van der Waals surface area contributed by atoms with Crippen LogP contribution in [-0.4, -0.2) is 6.54 Å². The van der Waals surface area contributed by atoms with Gasteiger partial charge in [0.25, 0.3) is 0 Å². The van der Waals surface area contributed by atoms with E-state index in [9.17, 15) is 0 Å². The van der Waals surface area contributed by atoms with E-state index in [1.165, 1.54) is 32.1 Å². The van der Waals surface area contributed by atoms with Gasteiger partial charge in [-0.25, -0.2) is 0 Å². The third-order valence-corrected chi connectivity index (χ3v) is 5.05. The third kappa shape index (κ3) is 2.39. The van der Waals surface area contributed by atoms with Gasteiger partial charge in [-0.15, -0.1) is 0 Å². The van der Waals surface area contributed by atoms with Crippen LogP contribution in [0.5, 0.6) is 0 Å². The molecule has 0 spiro atoms. The maximum Gasteiger partial charge on any atom is 0.169 e. The number of hydrogen-bond acceptors (Lipinski definition) is 2. The topological polar surface area (TPSA) is 25.2 Å². The van der Waals surface area contributed by atoms with Crippen molar-refractivity contribution in [3.63, 3.8) is 0 Å². The van der Waals surface area contributed by atoms with Crippen molar-refractivity contribution in [2.24, 2.45) is 17.8 Å². The van der Waals surface area contributed by atoms with Crippen LogP contribution in [0.1, 0.15) is 50.8 Å². The van der Waals surface area contributed by atoms with E-state index in [1.54, 1.807) is 0 Å². The van der Waals surface area contributed by atoms with Gasteiger partial charge in [0.2, 0.25) is 0 Å². The SMILES string of the molecule is CCCNC(c1ccc(Br)o1)C1C2CCCCC21. The quantitative estimate of drug-likeness (QED) is 0.865. The van der Waals surface area contributed by atoms with E-state index in [4.69, 9.17) is 4.42 Å². The summed E-state index contributed by atoms with van der Waals surface area (Å²) in [5.74, 6) is 3.85. The highest BCUT2D eigenvalue weighted by Crippen LogP contribution is 2.60. The fraction of sp³-hybridized carbons (Fsp3) is 0.733. The van der Waals surface area contributed by atoms with Gasteiger partial charge < -0.3 is 9.73 Å². The first-order valence-electron chi connectivity index (χ1n) is 7.30. The smallest absolute Gasteiger partial charge is 0.169 e. The molecule has 0 aliphatic heterocycles. The highest BCUT2D eigenvalue weighted by Gasteiger charge is 2.54. The predicted octanol–water partition coefficient (Wildman–Crippen LogP) is 4.52. The lowest BCUT2D eigenvalue weighted by molar-refractivity contribution is 0.357. The molecule has 3 rings (SSSR count). The van der Waals surface area contributed by atoms with Crippen LogP contribution in [0.15, 0.2) is 21.2 Å². The van der Waals surface area contributed by atoms with E-state index in [1.807, 2.05) is 6.07 Å². The number of halogens is 1. The Morgan fingerprint density at radius 1 is 1.33 bits per heavy atom. The summed E-state index contributed by atoms with van der Waals surface area (Å²) >= 11 is 3.42. The molecule has 2 nitrogen and oxygen atoms in total. The first-order chi connectivity index (χ1) is 8.81. The van der Waals surface area contributed by atoms with Crippen LogP contribution in [0, 0.1) is 17.8 Å². The summed E-state index contributed by atoms with van der Waals surface area (Å²) in [6.07, 6.45) is 6.91. The lowest BCUT2D eigenvalue weighted by atomic mass is 10.0. The minimum Gasteiger partial charge on any atom is -0.453 e. The zero-order valence-corrected chi connectivity index (χ0v) is 12.6. The summed E-state index contributed by atoms with van der Waals surface area (Å²) in [6.45, 7) is 3.31. The van der Waals surface area contributed by atoms with Crippen LogP contribution < -0.4 is 5.32 Å². The van der Waals surface area contributed by atoms with Gasteiger partial charge >= 0.3 is 0 Å². The number of hydrogen-bond donors (Lipinski definition) is 1. The molecule has 0 bridgehead atoms. The van der Waals surface area contributed by atoms with Crippen LogP contribution in [0.3, 0.4) is 0 Å². The standard InChI is InChI=1S/C15H22BrNO/c1-2-9-17-15(12-7-8-13(16)18-12)14-10-5-3-4-6-11(10)14/h7-8,10-11,14-15,17H,2-6,9H2,1H3. The molecule has 2 aliphatic carbocycles. The molecule has 3 unspecified atom stereocenters. The summed E-state index contributed by atoms with van der Waals surface area (Å²) in [5.41, 5.74) is 0. The van der Waals surface area contributed by atoms with Crippen molar-refractivity contribution in [2.45, 2.75) is 45.1 Å². The average molecular weight is 312 g/mol. The Hall–Kier alpha value is -0.280. The summed E-state index contributed by atoms with van der Waals surface area (Å²) in [4.78, 5) is 0. The first kappa shape index (κ1) is 12.7. The second kappa shape index (κ2) is 5.38. The van der Waals surface area contributed by atoms with E-state index in [-0.39, 0.29) is 0 Å². The maximum absolute atomic E-state index is 5.80. The Balaban J connectivity index is 1.74. The summed E-state index contributed by atoms with van der Waals surface area (Å²) in [5, 5.41) is 3.70. The minimum atomic E-state index is 0.435. The van der Waals surface area contributed by atoms with Gasteiger partial charge in [-0.1, -0.05) is 19.8 Å². The predicted molar refractivity (Wildman–Crippen MR) is 76.4 cm³/mol. The molecule has 1 aromatic heterocycles. The normalized spacial score (nSPS) is 32.0. The van der Waals surface area contributed by atoms with Gasteiger partial charge in [-0.2, -0.15) is 0 Å². The van der Waals surface area contributed by atoms with Gasteiger partial charge in [-0.3, -0.25) is 0 Å². The molecular formula is C15H22BrNO. The van der Waals surface area contributed by atoms with Crippen molar-refractivity contribution in [3.8, 4) is 0 Å². The van der Waals surface area contributed by atoms with Crippen LogP contribution in [-0.2, 0) is 0 Å². The lowest BCUT2D eigenvalue weighted by Crippen LogP contribution is -2.24. The lowest BCUT2D eigenvalue weighted by Gasteiger charge is -2.16. The largest absolute Gasteiger partial charge is 0.453 e. The van der Waals surface area contributed by atoms with Crippen LogP contribution in [0.25, 0.3) is 0 Å². The zero-order valence-electron chi connectivity index (χ0n) is 11.0. The summed E-state index contributed by atoms with van der Waals surface area (Å²) in [7, 11) is 0. The van der Waals surface area contributed by atoms with Gasteiger partial charge in [0.15, 0.2) is 4.67 Å². The molecular weight excluding hydrogens is 290 g/mol. The first-order valence-corrected chi connectivity index (χ1v) is 8.09. The number of rotatable bonds is 5. The van der Waals surface area contributed by atoms with Crippen molar-refractivity contribution in [1.82, 2.24) is 5.32 Å². The van der Waals surface area contributed by atoms with Gasteiger partial charge in [-0.05, 0) is 71.6 Å². The molecule has 0 amide bonds. The molecule has 2 fully saturated rings. The molecule has 2 saturated carbocycles. The highest BCUT2D eigenvalue weighted by molar-refractivity contribution is 9.10. The van der Waals surface area contributed by atoms with Crippen LogP contribution in [0.2, 0.25) is 0 Å².